The van der Waals surface area contributed by atoms with E-state index >= 15 is 0 Å². The minimum atomic E-state index is -0.358. The van der Waals surface area contributed by atoms with E-state index in [9.17, 15) is 9.59 Å². The molecule has 1 N–H and O–H groups in total. The number of para-hydroxylation sites is 1. The van der Waals surface area contributed by atoms with Crippen LogP contribution in [0.1, 0.15) is 12.5 Å². The molecule has 9 nitrogen and oxygen atoms in total. The molecular weight excluding hydrogens is 492 g/mol. The number of thioether (sulfide) groups is 1. The van der Waals surface area contributed by atoms with Gasteiger partial charge in [0.2, 0.25) is 0 Å². The van der Waals surface area contributed by atoms with Crippen LogP contribution in [0.3, 0.4) is 0 Å². The number of nitrogens with zero attached hydrogens (tertiary/aromatic N) is 3. The van der Waals surface area contributed by atoms with Gasteiger partial charge in [0.05, 0.1) is 49.4 Å². The predicted molar refractivity (Wildman–Crippen MR) is 145 cm³/mol. The van der Waals surface area contributed by atoms with Gasteiger partial charge in [-0.25, -0.2) is 10.4 Å². The van der Waals surface area contributed by atoms with Crippen molar-refractivity contribution in [3.63, 3.8) is 0 Å². The first kappa shape index (κ1) is 25.8. The molecule has 0 fully saturated rings. The zero-order valence-electron chi connectivity index (χ0n) is 20.6. The summed E-state index contributed by atoms with van der Waals surface area (Å²) in [6, 6.07) is 19.6. The Labute approximate surface area is 218 Å². The zero-order valence-corrected chi connectivity index (χ0v) is 21.5. The molecule has 0 aliphatic rings. The zero-order chi connectivity index (χ0) is 26.2. The number of nitrogens with one attached hydrogen (secondary N) is 1. The number of fused-ring (bicyclic) bond motifs is 1. The van der Waals surface area contributed by atoms with E-state index in [1.165, 1.54) is 10.8 Å². The highest BCUT2D eigenvalue weighted by Gasteiger charge is 2.15. The molecule has 0 unspecified atom stereocenters. The normalized spacial score (nSPS) is 11.0. The quantitative estimate of drug-likeness (QED) is 0.146. The third-order valence-corrected chi connectivity index (χ3v) is 6.25. The molecule has 37 heavy (non-hydrogen) atoms. The molecule has 0 saturated carbocycles. The number of ether oxygens (including phenoxy) is 3. The van der Waals surface area contributed by atoms with Crippen molar-refractivity contribution < 1.29 is 19.0 Å². The third-order valence-electron chi connectivity index (χ3n) is 5.31. The predicted octanol–water partition coefficient (Wildman–Crippen LogP) is 4.04. The first-order valence-corrected chi connectivity index (χ1v) is 12.4. The lowest BCUT2D eigenvalue weighted by Crippen LogP contribution is -2.24. The highest BCUT2D eigenvalue weighted by atomic mass is 32.2. The summed E-state index contributed by atoms with van der Waals surface area (Å²) in [4.78, 5) is 30.6. The first-order chi connectivity index (χ1) is 18.0. The van der Waals surface area contributed by atoms with Crippen molar-refractivity contribution >= 4 is 34.8 Å². The Balaban J connectivity index is 1.55. The molecule has 190 valence electrons. The first-order valence-electron chi connectivity index (χ1n) is 11.5. The van der Waals surface area contributed by atoms with Crippen molar-refractivity contribution in [2.24, 2.45) is 5.10 Å². The van der Waals surface area contributed by atoms with Gasteiger partial charge in [-0.15, -0.1) is 0 Å². The number of amides is 1. The summed E-state index contributed by atoms with van der Waals surface area (Å²) in [7, 11) is 3.12. The summed E-state index contributed by atoms with van der Waals surface area (Å²) < 4.78 is 17.6. The Bertz CT molecular complexity index is 1480. The fourth-order valence-electron chi connectivity index (χ4n) is 3.57. The topological polar surface area (TPSA) is 104 Å². The van der Waals surface area contributed by atoms with Crippen molar-refractivity contribution in [3.8, 4) is 22.9 Å². The van der Waals surface area contributed by atoms with Gasteiger partial charge in [-0.3, -0.25) is 14.2 Å². The summed E-state index contributed by atoms with van der Waals surface area (Å²) in [6.45, 7) is 2.45. The van der Waals surface area contributed by atoms with Crippen LogP contribution >= 0.6 is 11.8 Å². The highest BCUT2D eigenvalue weighted by Crippen LogP contribution is 2.24. The average molecular weight is 519 g/mol. The molecule has 4 aromatic rings. The molecule has 1 heterocycles. The van der Waals surface area contributed by atoms with Gasteiger partial charge < -0.3 is 14.2 Å². The molecule has 0 atom stereocenters. The fraction of sp³-hybridized carbons (Fsp3) is 0.185. The molecule has 1 aromatic heterocycles. The minimum absolute atomic E-state index is 0.00556. The van der Waals surface area contributed by atoms with Crippen LogP contribution in [-0.4, -0.2) is 48.3 Å². The number of aromatic nitrogens is 2. The Morgan fingerprint density at radius 2 is 1.81 bits per heavy atom. The van der Waals surface area contributed by atoms with Gasteiger partial charge in [0.15, 0.2) is 5.16 Å². The van der Waals surface area contributed by atoms with Gasteiger partial charge in [0.25, 0.3) is 11.5 Å². The van der Waals surface area contributed by atoms with Crippen molar-refractivity contribution in [2.45, 2.75) is 12.1 Å². The maximum absolute atomic E-state index is 13.4. The summed E-state index contributed by atoms with van der Waals surface area (Å²) in [5.41, 5.74) is 4.11. The van der Waals surface area contributed by atoms with Crippen molar-refractivity contribution in [1.29, 1.82) is 0 Å². The van der Waals surface area contributed by atoms with Crippen molar-refractivity contribution in [1.82, 2.24) is 15.0 Å². The molecule has 0 spiro atoms. The Kier molecular flexibility index (Phi) is 8.42. The standard InChI is InChI=1S/C27H26N4O5S/c1-4-36-20-11-9-19(10-12-20)31-26(33)22-7-5-6-8-23(22)29-27(31)37-17-25(32)30-28-16-18-15-21(34-2)13-14-24(18)35-3/h5-16H,4,17H2,1-3H3,(H,30,32). The van der Waals surface area contributed by atoms with E-state index in [2.05, 4.69) is 15.5 Å². The Morgan fingerprint density at radius 1 is 1.05 bits per heavy atom. The van der Waals surface area contributed by atoms with Gasteiger partial charge in [-0.1, -0.05) is 23.9 Å². The number of methoxy groups -OCH3 is 2. The molecule has 0 aliphatic heterocycles. The Hall–Kier alpha value is -4.31. The molecular formula is C27H26N4O5S. The summed E-state index contributed by atoms with van der Waals surface area (Å²) in [6.07, 6.45) is 1.48. The van der Waals surface area contributed by atoms with Crippen LogP contribution in [0.2, 0.25) is 0 Å². The van der Waals surface area contributed by atoms with E-state index in [-0.39, 0.29) is 17.2 Å². The van der Waals surface area contributed by atoms with E-state index < -0.39 is 0 Å². The van der Waals surface area contributed by atoms with E-state index in [0.29, 0.717) is 51.2 Å². The molecule has 0 aliphatic carbocycles. The van der Waals surface area contributed by atoms with Crippen molar-refractivity contribution in [3.05, 3.63) is 82.6 Å². The summed E-state index contributed by atoms with van der Waals surface area (Å²) in [5, 5.41) is 4.92. The second kappa shape index (κ2) is 12.1. The average Bonchev–Trinajstić information content (AvgIpc) is 2.92. The number of carbonyl (C=O) groups is 1. The van der Waals surface area contributed by atoms with Gasteiger partial charge in [-0.2, -0.15) is 5.10 Å². The molecule has 1 amide bonds. The van der Waals surface area contributed by atoms with Crippen LogP contribution in [0.25, 0.3) is 16.6 Å². The van der Waals surface area contributed by atoms with Gasteiger partial charge >= 0.3 is 0 Å². The van der Waals surface area contributed by atoms with Crippen LogP contribution in [-0.2, 0) is 4.79 Å². The molecule has 0 saturated heterocycles. The minimum Gasteiger partial charge on any atom is -0.497 e. The molecule has 4 rings (SSSR count). The van der Waals surface area contributed by atoms with Crippen LogP contribution in [0.5, 0.6) is 17.2 Å². The fourth-order valence-corrected chi connectivity index (χ4v) is 4.38. The summed E-state index contributed by atoms with van der Waals surface area (Å²) >= 11 is 1.14. The smallest absolute Gasteiger partial charge is 0.266 e. The van der Waals surface area contributed by atoms with Crippen LogP contribution in [0.15, 0.2) is 81.8 Å². The largest absolute Gasteiger partial charge is 0.497 e. The number of hydrogen-bond donors (Lipinski definition) is 1. The molecule has 0 bridgehead atoms. The van der Waals surface area contributed by atoms with Crippen LogP contribution in [0, 0.1) is 0 Å². The Morgan fingerprint density at radius 3 is 2.54 bits per heavy atom. The van der Waals surface area contributed by atoms with Crippen molar-refractivity contribution in [2.75, 3.05) is 26.6 Å². The second-order valence-electron chi connectivity index (χ2n) is 7.67. The lowest BCUT2D eigenvalue weighted by atomic mass is 10.2. The van der Waals surface area contributed by atoms with E-state index in [1.54, 1.807) is 74.9 Å². The van der Waals surface area contributed by atoms with E-state index in [1.807, 2.05) is 13.0 Å². The monoisotopic (exact) mass is 518 g/mol. The van der Waals surface area contributed by atoms with Gasteiger partial charge in [0, 0.05) is 5.56 Å². The van der Waals surface area contributed by atoms with E-state index in [4.69, 9.17) is 14.2 Å². The van der Waals surface area contributed by atoms with E-state index in [0.717, 1.165) is 11.8 Å². The summed E-state index contributed by atoms with van der Waals surface area (Å²) in [5.74, 6) is 1.57. The number of carbonyl (C=O) groups excluding carboxylic acids is 1. The SMILES string of the molecule is CCOc1ccc(-n2c(SCC(=O)NN=Cc3cc(OC)ccc3OC)nc3ccccc3c2=O)cc1. The highest BCUT2D eigenvalue weighted by molar-refractivity contribution is 7.99. The van der Waals surface area contributed by atoms with Crippen LogP contribution < -0.4 is 25.2 Å². The van der Waals surface area contributed by atoms with Gasteiger partial charge in [0.1, 0.15) is 17.2 Å². The maximum Gasteiger partial charge on any atom is 0.266 e. The lowest BCUT2D eigenvalue weighted by Gasteiger charge is -2.13. The number of hydrogen-bond acceptors (Lipinski definition) is 8. The third kappa shape index (κ3) is 6.10. The van der Waals surface area contributed by atoms with Crippen LogP contribution in [0.4, 0.5) is 0 Å². The lowest BCUT2D eigenvalue weighted by molar-refractivity contribution is -0.118. The molecule has 0 radical (unpaired) electrons. The number of benzene rings is 3. The maximum atomic E-state index is 13.4. The molecule has 3 aromatic carbocycles. The number of hydrazone groups is 1. The second-order valence-corrected chi connectivity index (χ2v) is 8.61. The number of rotatable bonds is 10. The van der Waals surface area contributed by atoms with Gasteiger partial charge in [-0.05, 0) is 61.5 Å². The molecule has 10 heteroatoms.